The number of hydrogen-bond donors (Lipinski definition) is 9. The number of carboxylic acids is 1. The predicted octanol–water partition coefficient (Wildman–Crippen LogP) is -0.776. The lowest BCUT2D eigenvalue weighted by Crippen LogP contribution is -2.59. The quantitative estimate of drug-likeness (QED) is 0.0595. The van der Waals surface area contributed by atoms with E-state index in [4.69, 9.17) is 22.9 Å². The van der Waals surface area contributed by atoms with Crippen molar-refractivity contribution >= 4 is 35.5 Å². The number of nitrogens with zero attached hydrogens (tertiary/aromatic N) is 1. The number of carboxylic acid groups (broad SMARTS) is 1. The summed E-state index contributed by atoms with van der Waals surface area (Å²) in [4.78, 5) is 81.2. The van der Waals surface area contributed by atoms with Crippen LogP contribution in [0.15, 0.2) is 30.3 Å². The first-order valence-electron chi connectivity index (χ1n) is 18.5. The van der Waals surface area contributed by atoms with E-state index in [-0.39, 0.29) is 44.8 Å². The molecule has 0 unspecified atom stereocenters. The maximum atomic E-state index is 14.2. The molecule has 0 radical (unpaired) electrons. The van der Waals surface area contributed by atoms with Gasteiger partial charge in [-0.2, -0.15) is 0 Å². The summed E-state index contributed by atoms with van der Waals surface area (Å²) in [5.74, 6) is -3.96. The van der Waals surface area contributed by atoms with Gasteiger partial charge >= 0.3 is 5.97 Å². The fraction of sp³-hybridized carbons (Fsp3) is 0.667. The molecule has 1 aliphatic rings. The summed E-state index contributed by atoms with van der Waals surface area (Å²) in [5.41, 5.74) is 23.7. The highest BCUT2D eigenvalue weighted by molar-refractivity contribution is 5.96. The highest BCUT2D eigenvalue weighted by Gasteiger charge is 2.39. The maximum absolute atomic E-state index is 14.2. The van der Waals surface area contributed by atoms with Crippen molar-refractivity contribution in [2.75, 3.05) is 26.2 Å². The van der Waals surface area contributed by atoms with E-state index in [0.29, 0.717) is 57.9 Å². The SMILES string of the molecule is CC(C)C[C@H](NC(=O)[C@@H](N)CCCCN)C(=O)N[C@@H](CCCN)C(=O)N[C@@H](Cc1ccccc1)C(=O)N1CCC[C@H]1C(=O)N[C@@H](CCCN)C(=O)O. The topological polar surface area (TPSA) is 278 Å². The summed E-state index contributed by atoms with van der Waals surface area (Å²) in [6.07, 6.45) is 4.08. The number of carbonyl (C=O) groups excluding carboxylic acids is 5. The van der Waals surface area contributed by atoms with Gasteiger partial charge in [0.25, 0.3) is 0 Å². The van der Waals surface area contributed by atoms with Gasteiger partial charge in [-0.25, -0.2) is 4.79 Å². The molecule has 292 valence electrons. The Labute approximate surface area is 306 Å². The normalized spacial score (nSPS) is 17.1. The summed E-state index contributed by atoms with van der Waals surface area (Å²) in [7, 11) is 0. The van der Waals surface area contributed by atoms with Gasteiger partial charge < -0.3 is 54.2 Å². The molecule has 0 aromatic heterocycles. The number of carbonyl (C=O) groups is 6. The van der Waals surface area contributed by atoms with Crippen LogP contribution in [0.3, 0.4) is 0 Å². The van der Waals surface area contributed by atoms with Crippen molar-refractivity contribution in [3.05, 3.63) is 35.9 Å². The van der Waals surface area contributed by atoms with Crippen molar-refractivity contribution in [3.8, 4) is 0 Å². The van der Waals surface area contributed by atoms with E-state index >= 15 is 0 Å². The van der Waals surface area contributed by atoms with Crippen molar-refractivity contribution in [1.29, 1.82) is 0 Å². The van der Waals surface area contributed by atoms with E-state index in [0.717, 1.165) is 5.56 Å². The molecule has 1 heterocycles. The monoisotopic (exact) mass is 731 g/mol. The number of benzene rings is 1. The second-order valence-electron chi connectivity index (χ2n) is 13.8. The number of likely N-dealkylation sites (tertiary alicyclic amines) is 1. The minimum atomic E-state index is -1.20. The molecule has 1 aromatic rings. The number of aliphatic carboxylic acids is 1. The molecule has 13 N–H and O–H groups in total. The molecule has 52 heavy (non-hydrogen) atoms. The van der Waals surface area contributed by atoms with E-state index in [2.05, 4.69) is 21.3 Å². The molecule has 2 rings (SSSR count). The van der Waals surface area contributed by atoms with Crippen LogP contribution in [0.1, 0.15) is 83.6 Å². The van der Waals surface area contributed by atoms with E-state index in [1.165, 1.54) is 4.90 Å². The molecule has 0 saturated carbocycles. The fourth-order valence-corrected chi connectivity index (χ4v) is 6.16. The summed E-state index contributed by atoms with van der Waals surface area (Å²) in [6, 6.07) is 2.94. The summed E-state index contributed by atoms with van der Waals surface area (Å²) >= 11 is 0. The standard InChI is InChI=1S/C36H61N9O7/c1-23(2)21-28(43-31(46)25(40)13-6-7-17-37)33(48)41-26(14-8-18-38)32(47)44-29(22-24-11-4-3-5-12-24)35(50)45-20-10-16-30(45)34(49)42-27(36(51)52)15-9-19-39/h3-5,11-12,23,25-30H,6-10,13-22,37-40H2,1-2H3,(H,41,48)(H,42,49)(H,43,46)(H,44,47)(H,51,52)/t25-,26-,27-,28-,29-,30-/m0/s1. The summed E-state index contributed by atoms with van der Waals surface area (Å²) < 4.78 is 0. The second kappa shape index (κ2) is 23.4. The lowest BCUT2D eigenvalue weighted by molar-refractivity contribution is -0.145. The average molecular weight is 732 g/mol. The van der Waals surface area contributed by atoms with Gasteiger partial charge in [-0.1, -0.05) is 50.6 Å². The van der Waals surface area contributed by atoms with Crippen LogP contribution in [0.5, 0.6) is 0 Å². The Kier molecular flexibility index (Phi) is 19.9. The Balaban J connectivity index is 2.30. The van der Waals surface area contributed by atoms with Crippen LogP contribution in [0.25, 0.3) is 0 Å². The molecular formula is C36H61N9O7. The van der Waals surface area contributed by atoms with Gasteiger partial charge in [-0.3, -0.25) is 24.0 Å². The summed E-state index contributed by atoms with van der Waals surface area (Å²) in [5, 5.41) is 20.5. The van der Waals surface area contributed by atoms with Gasteiger partial charge in [-0.05, 0) is 88.9 Å². The van der Waals surface area contributed by atoms with E-state index in [1.807, 2.05) is 32.0 Å². The first-order valence-corrected chi connectivity index (χ1v) is 18.5. The smallest absolute Gasteiger partial charge is 0.326 e. The molecule has 1 aliphatic heterocycles. The molecule has 1 saturated heterocycles. The first kappa shape index (κ1) is 44.0. The van der Waals surface area contributed by atoms with Crippen LogP contribution in [-0.2, 0) is 35.2 Å². The van der Waals surface area contributed by atoms with Crippen LogP contribution < -0.4 is 44.2 Å². The zero-order valence-electron chi connectivity index (χ0n) is 30.7. The Morgan fingerprint density at radius 2 is 1.33 bits per heavy atom. The third kappa shape index (κ3) is 14.9. The Morgan fingerprint density at radius 1 is 0.750 bits per heavy atom. The van der Waals surface area contributed by atoms with Gasteiger partial charge in [0.1, 0.15) is 30.2 Å². The molecule has 1 fully saturated rings. The van der Waals surface area contributed by atoms with Crippen molar-refractivity contribution in [2.24, 2.45) is 28.9 Å². The van der Waals surface area contributed by atoms with Gasteiger partial charge in [0.15, 0.2) is 0 Å². The van der Waals surface area contributed by atoms with Gasteiger partial charge in [0.05, 0.1) is 6.04 Å². The molecule has 0 aliphatic carbocycles. The predicted molar refractivity (Wildman–Crippen MR) is 197 cm³/mol. The highest BCUT2D eigenvalue weighted by atomic mass is 16.4. The van der Waals surface area contributed by atoms with Crippen molar-refractivity contribution in [2.45, 2.75) is 121 Å². The Hall–Kier alpha value is -4.12. The van der Waals surface area contributed by atoms with Crippen molar-refractivity contribution in [1.82, 2.24) is 26.2 Å². The average Bonchev–Trinajstić information content (AvgIpc) is 3.61. The van der Waals surface area contributed by atoms with Gasteiger partial charge in [0, 0.05) is 13.0 Å². The van der Waals surface area contributed by atoms with Crippen LogP contribution in [0.2, 0.25) is 0 Å². The van der Waals surface area contributed by atoms with Gasteiger partial charge in [0.2, 0.25) is 29.5 Å². The fourth-order valence-electron chi connectivity index (χ4n) is 6.16. The number of hydrogen-bond acceptors (Lipinski definition) is 10. The van der Waals surface area contributed by atoms with Crippen molar-refractivity contribution in [3.63, 3.8) is 0 Å². The lowest BCUT2D eigenvalue weighted by Gasteiger charge is -2.31. The van der Waals surface area contributed by atoms with Crippen LogP contribution in [0.4, 0.5) is 0 Å². The molecule has 6 atom stereocenters. The van der Waals surface area contributed by atoms with E-state index < -0.39 is 71.8 Å². The minimum absolute atomic E-state index is 0.0192. The minimum Gasteiger partial charge on any atom is -0.480 e. The maximum Gasteiger partial charge on any atom is 0.326 e. The molecular weight excluding hydrogens is 670 g/mol. The number of unbranched alkanes of at least 4 members (excludes halogenated alkanes) is 1. The first-order chi connectivity index (χ1) is 24.8. The zero-order chi connectivity index (χ0) is 38.6. The largest absolute Gasteiger partial charge is 0.480 e. The zero-order valence-corrected chi connectivity index (χ0v) is 30.7. The number of nitrogens with two attached hydrogens (primary N) is 4. The number of amides is 5. The van der Waals surface area contributed by atoms with Crippen LogP contribution in [0, 0.1) is 5.92 Å². The summed E-state index contributed by atoms with van der Waals surface area (Å²) in [6.45, 7) is 5.02. The molecule has 16 nitrogen and oxygen atoms in total. The molecule has 5 amide bonds. The van der Waals surface area contributed by atoms with Crippen molar-refractivity contribution < 1.29 is 33.9 Å². The number of rotatable bonds is 24. The second-order valence-corrected chi connectivity index (χ2v) is 13.8. The number of nitrogens with one attached hydrogen (secondary N) is 4. The Bertz CT molecular complexity index is 1300. The molecule has 16 heteroatoms. The molecule has 1 aromatic carbocycles. The molecule has 0 bridgehead atoms. The van der Waals surface area contributed by atoms with Crippen LogP contribution >= 0.6 is 0 Å². The van der Waals surface area contributed by atoms with Crippen LogP contribution in [-0.4, -0.2) is 108 Å². The van der Waals surface area contributed by atoms with E-state index in [9.17, 15) is 33.9 Å². The van der Waals surface area contributed by atoms with Gasteiger partial charge in [-0.15, -0.1) is 0 Å². The third-order valence-electron chi connectivity index (χ3n) is 9.02. The highest BCUT2D eigenvalue weighted by Crippen LogP contribution is 2.21. The molecule has 0 spiro atoms. The lowest BCUT2D eigenvalue weighted by atomic mass is 10.0. The van der Waals surface area contributed by atoms with E-state index in [1.54, 1.807) is 12.1 Å². The third-order valence-corrected chi connectivity index (χ3v) is 9.02. The Morgan fingerprint density at radius 3 is 1.92 bits per heavy atom.